The standard InChI is InChI=1S/C33H55N7O8S/c1-4-24-17-22(2)32(48-24)40-19-25(36-21-40)31(43)37-23(3)18-29(42)35-10-12-46-14-16-47-15-13-45-11-9-34-28(41)8-6-5-7-27-30-26(20-49-27)38-33(44)39-30/h19,21-24,26-27,30,32H,4-18,20H2,1-3H3,(H,34,41)(H,35,42)(H,37,43)(H2,38,39,44)/t22?,23?,24-,26?,27?,30?,32-/m1/s1. The Balaban J connectivity index is 0.897. The van der Waals surface area contributed by atoms with Crippen molar-refractivity contribution in [3.63, 3.8) is 0 Å². The molecular formula is C33H55N7O8S. The van der Waals surface area contributed by atoms with Crippen LogP contribution < -0.4 is 26.6 Å². The number of hydrogen-bond donors (Lipinski definition) is 5. The third kappa shape index (κ3) is 13.0. The summed E-state index contributed by atoms with van der Waals surface area (Å²) in [6.07, 6.45) is 8.78. The number of unbranched alkanes of at least 4 members (excludes halogenated alkanes) is 1. The molecule has 5 N–H and O–H groups in total. The van der Waals surface area contributed by atoms with E-state index in [9.17, 15) is 19.2 Å². The minimum Gasteiger partial charge on any atom is -0.377 e. The van der Waals surface area contributed by atoms with E-state index in [-0.39, 0.29) is 60.6 Å². The molecule has 0 spiro atoms. The molecule has 3 aliphatic heterocycles. The molecule has 7 atom stereocenters. The molecule has 0 bridgehead atoms. The lowest BCUT2D eigenvalue weighted by atomic mass is 10.0. The zero-order valence-electron chi connectivity index (χ0n) is 29.1. The van der Waals surface area contributed by atoms with E-state index < -0.39 is 0 Å². The van der Waals surface area contributed by atoms with E-state index in [1.54, 1.807) is 19.4 Å². The second-order valence-electron chi connectivity index (χ2n) is 13.0. The fraction of sp³-hybridized carbons (Fsp3) is 0.788. The number of aromatic nitrogens is 2. The number of amides is 5. The first-order valence-electron chi connectivity index (χ1n) is 17.7. The van der Waals surface area contributed by atoms with Crippen molar-refractivity contribution >= 4 is 35.5 Å². The summed E-state index contributed by atoms with van der Waals surface area (Å²) in [6.45, 7) is 9.23. The maximum absolute atomic E-state index is 12.6. The maximum Gasteiger partial charge on any atom is 0.315 e. The molecule has 0 saturated carbocycles. The molecule has 15 nitrogen and oxygen atoms in total. The highest BCUT2D eigenvalue weighted by atomic mass is 32.2. The Morgan fingerprint density at radius 3 is 2.43 bits per heavy atom. The van der Waals surface area contributed by atoms with Gasteiger partial charge in [-0.05, 0) is 32.6 Å². The van der Waals surface area contributed by atoms with Crippen molar-refractivity contribution in [2.24, 2.45) is 5.92 Å². The molecule has 3 aliphatic rings. The number of carbonyl (C=O) groups excluding carboxylic acids is 4. The van der Waals surface area contributed by atoms with Crippen LogP contribution in [-0.4, -0.2) is 121 Å². The summed E-state index contributed by atoms with van der Waals surface area (Å²) in [5.41, 5.74) is 0.296. The Hall–Kier alpha value is -2.92. The molecule has 1 aromatic rings. The topological polar surface area (TPSA) is 183 Å². The first kappa shape index (κ1) is 38.9. The largest absolute Gasteiger partial charge is 0.377 e. The summed E-state index contributed by atoms with van der Waals surface area (Å²) >= 11 is 1.89. The minimum absolute atomic E-state index is 0.0245. The number of nitrogens with zero attached hydrogens (tertiary/aromatic N) is 2. The Morgan fingerprint density at radius 1 is 1.04 bits per heavy atom. The number of ether oxygens (including phenoxy) is 4. The van der Waals surface area contributed by atoms with Crippen molar-refractivity contribution in [3.8, 4) is 0 Å². The lowest BCUT2D eigenvalue weighted by molar-refractivity contribution is -0.122. The Kier molecular flexibility index (Phi) is 16.4. The molecule has 49 heavy (non-hydrogen) atoms. The van der Waals surface area contributed by atoms with Crippen LogP contribution in [-0.2, 0) is 28.5 Å². The summed E-state index contributed by atoms with van der Waals surface area (Å²) in [5, 5.41) is 14.9. The number of thioether (sulfide) groups is 1. The van der Waals surface area contributed by atoms with Crippen LogP contribution in [0.3, 0.4) is 0 Å². The highest BCUT2D eigenvalue weighted by molar-refractivity contribution is 8.00. The zero-order valence-corrected chi connectivity index (χ0v) is 29.9. The van der Waals surface area contributed by atoms with Gasteiger partial charge in [0.2, 0.25) is 11.8 Å². The third-order valence-electron chi connectivity index (χ3n) is 8.87. The van der Waals surface area contributed by atoms with Gasteiger partial charge in [-0.15, -0.1) is 0 Å². The van der Waals surface area contributed by atoms with E-state index in [4.69, 9.17) is 18.9 Å². The monoisotopic (exact) mass is 709 g/mol. The quantitative estimate of drug-likeness (QED) is 0.0829. The summed E-state index contributed by atoms with van der Waals surface area (Å²) < 4.78 is 24.4. The first-order chi connectivity index (χ1) is 23.7. The highest BCUT2D eigenvalue weighted by Crippen LogP contribution is 2.35. The van der Waals surface area contributed by atoms with Gasteiger partial charge in [-0.3, -0.25) is 14.4 Å². The fourth-order valence-electron chi connectivity index (χ4n) is 6.27. The van der Waals surface area contributed by atoms with Gasteiger partial charge in [0.1, 0.15) is 11.9 Å². The van der Waals surface area contributed by atoms with Gasteiger partial charge >= 0.3 is 6.03 Å². The molecule has 4 heterocycles. The summed E-state index contributed by atoms with van der Waals surface area (Å²) in [7, 11) is 0. The number of nitrogens with one attached hydrogen (secondary N) is 5. The minimum atomic E-state index is -0.362. The lowest BCUT2D eigenvalue weighted by Crippen LogP contribution is -2.38. The average Bonchev–Trinajstić information content (AvgIpc) is 3.86. The second-order valence-corrected chi connectivity index (χ2v) is 14.2. The fourth-order valence-corrected chi connectivity index (χ4v) is 7.81. The predicted molar refractivity (Wildman–Crippen MR) is 184 cm³/mol. The number of carbonyl (C=O) groups is 4. The van der Waals surface area contributed by atoms with Crippen LogP contribution in [0.5, 0.6) is 0 Å². The van der Waals surface area contributed by atoms with Crippen molar-refractivity contribution in [2.75, 3.05) is 58.5 Å². The van der Waals surface area contributed by atoms with Gasteiger partial charge < -0.3 is 50.1 Å². The highest BCUT2D eigenvalue weighted by Gasteiger charge is 2.42. The third-order valence-corrected chi connectivity index (χ3v) is 10.4. The van der Waals surface area contributed by atoms with Gasteiger partial charge in [0.15, 0.2) is 0 Å². The van der Waals surface area contributed by atoms with Gasteiger partial charge in [-0.25, -0.2) is 9.78 Å². The Labute approximate surface area is 293 Å². The normalized spacial score (nSPS) is 25.0. The summed E-state index contributed by atoms with van der Waals surface area (Å²) in [6, 6.07) is 0.0163. The molecule has 0 aliphatic carbocycles. The Morgan fingerprint density at radius 2 is 1.73 bits per heavy atom. The molecule has 4 rings (SSSR count). The van der Waals surface area contributed by atoms with E-state index >= 15 is 0 Å². The maximum atomic E-state index is 12.6. The van der Waals surface area contributed by atoms with Crippen LogP contribution in [0.4, 0.5) is 4.79 Å². The smallest absolute Gasteiger partial charge is 0.315 e. The van der Waals surface area contributed by atoms with Crippen molar-refractivity contribution in [1.29, 1.82) is 0 Å². The average molecular weight is 710 g/mol. The molecule has 276 valence electrons. The van der Waals surface area contributed by atoms with Crippen molar-refractivity contribution < 1.29 is 38.1 Å². The molecule has 5 unspecified atom stereocenters. The summed E-state index contributed by atoms with van der Waals surface area (Å²) in [5.74, 6) is 0.809. The first-order valence-corrected chi connectivity index (χ1v) is 18.7. The van der Waals surface area contributed by atoms with Crippen LogP contribution in [0.2, 0.25) is 0 Å². The van der Waals surface area contributed by atoms with E-state index in [0.717, 1.165) is 37.9 Å². The zero-order chi connectivity index (χ0) is 35.0. The molecule has 1 aromatic heterocycles. The second kappa shape index (κ2) is 20.7. The van der Waals surface area contributed by atoms with Gasteiger partial charge in [0, 0.05) is 55.1 Å². The van der Waals surface area contributed by atoms with Gasteiger partial charge in [-0.1, -0.05) is 20.3 Å². The Bertz CT molecular complexity index is 1210. The number of imidazole rings is 1. The van der Waals surface area contributed by atoms with Crippen LogP contribution in [0, 0.1) is 5.92 Å². The number of fused-ring (bicyclic) bond motifs is 1. The molecule has 0 radical (unpaired) electrons. The number of urea groups is 1. The van der Waals surface area contributed by atoms with Crippen molar-refractivity contribution in [2.45, 2.75) is 101 Å². The lowest BCUT2D eigenvalue weighted by Gasteiger charge is -2.16. The number of hydrogen-bond acceptors (Lipinski definition) is 10. The predicted octanol–water partition coefficient (Wildman–Crippen LogP) is 1.73. The molecule has 3 saturated heterocycles. The van der Waals surface area contributed by atoms with Gasteiger partial charge in [0.05, 0.1) is 64.2 Å². The molecule has 3 fully saturated rings. The molecular weight excluding hydrogens is 654 g/mol. The molecule has 0 aromatic carbocycles. The van der Waals surface area contributed by atoms with Gasteiger partial charge in [-0.2, -0.15) is 11.8 Å². The van der Waals surface area contributed by atoms with Crippen LogP contribution in [0.1, 0.15) is 82.4 Å². The number of rotatable bonds is 23. The van der Waals surface area contributed by atoms with Crippen molar-refractivity contribution in [3.05, 3.63) is 18.2 Å². The van der Waals surface area contributed by atoms with Gasteiger partial charge in [0.25, 0.3) is 5.91 Å². The van der Waals surface area contributed by atoms with E-state index in [0.29, 0.717) is 76.0 Å². The SMILES string of the molecule is CC[C@@H]1CC(C)[C@H](n2cnc(C(=O)NC(C)CC(=O)NCCOCCOCCOCCNC(=O)CCCCC3SCC4NC(=O)NC43)c2)O1. The summed E-state index contributed by atoms with van der Waals surface area (Å²) in [4.78, 5) is 52.7. The molecule has 5 amide bonds. The van der Waals surface area contributed by atoms with Crippen LogP contribution in [0.15, 0.2) is 12.5 Å². The molecule has 16 heteroatoms. The van der Waals surface area contributed by atoms with Crippen molar-refractivity contribution in [1.82, 2.24) is 36.1 Å². The van der Waals surface area contributed by atoms with E-state index in [1.165, 1.54) is 0 Å². The van der Waals surface area contributed by atoms with Crippen LogP contribution >= 0.6 is 11.8 Å². The van der Waals surface area contributed by atoms with E-state index in [1.807, 2.05) is 16.3 Å². The van der Waals surface area contributed by atoms with E-state index in [2.05, 4.69) is 45.4 Å². The van der Waals surface area contributed by atoms with Crippen LogP contribution in [0.25, 0.3) is 0 Å².